The summed E-state index contributed by atoms with van der Waals surface area (Å²) in [4.78, 5) is 4.83. The lowest BCUT2D eigenvalue weighted by Crippen LogP contribution is -2.32. The van der Waals surface area contributed by atoms with E-state index in [1.807, 2.05) is 12.1 Å². The minimum atomic E-state index is -0.861. The molecule has 1 aromatic rings. The highest BCUT2D eigenvalue weighted by atomic mass is 32.2. The first-order valence-electron chi connectivity index (χ1n) is 5.35. The molecule has 0 saturated carbocycles. The van der Waals surface area contributed by atoms with Gasteiger partial charge in [-0.05, 0) is 44.0 Å². The predicted molar refractivity (Wildman–Crippen MR) is 61.1 cm³/mol. The molecule has 2 atom stereocenters. The van der Waals surface area contributed by atoms with E-state index in [1.54, 1.807) is 12.4 Å². The molecule has 0 aromatic carbocycles. The summed E-state index contributed by atoms with van der Waals surface area (Å²) in [5.41, 5.74) is 0. The molecule has 1 fully saturated rings. The Labute approximate surface area is 92.8 Å². The summed E-state index contributed by atoms with van der Waals surface area (Å²) in [6.45, 7) is 2.12. The molecule has 0 radical (unpaired) electrons. The summed E-state index contributed by atoms with van der Waals surface area (Å²) in [6.07, 6.45) is 5.81. The molecule has 3 nitrogen and oxygen atoms in total. The number of hydrogen-bond acceptors (Lipinski definition) is 3. The molecule has 1 aliphatic rings. The van der Waals surface area contributed by atoms with Crippen LogP contribution in [0, 0.1) is 5.92 Å². The Morgan fingerprint density at radius 3 is 2.93 bits per heavy atom. The van der Waals surface area contributed by atoms with Gasteiger partial charge in [0.15, 0.2) is 0 Å². The molecule has 82 valence electrons. The maximum absolute atomic E-state index is 12.0. The maximum atomic E-state index is 12.0. The van der Waals surface area contributed by atoms with E-state index < -0.39 is 10.8 Å². The molecule has 0 aliphatic carbocycles. The normalized spacial score (nSPS) is 23.6. The minimum absolute atomic E-state index is 0.563. The van der Waals surface area contributed by atoms with Crippen molar-refractivity contribution >= 4 is 10.8 Å². The van der Waals surface area contributed by atoms with Crippen molar-refractivity contribution in [1.82, 2.24) is 10.3 Å². The lowest BCUT2D eigenvalue weighted by molar-refractivity contribution is 0.408. The summed E-state index contributed by atoms with van der Waals surface area (Å²) in [5, 5.41) is 3.34. The third-order valence-corrected chi connectivity index (χ3v) is 4.27. The number of nitrogens with zero attached hydrogens (tertiary/aromatic N) is 1. The molecular formula is C11H16N2OS. The van der Waals surface area contributed by atoms with Crippen molar-refractivity contribution in [2.45, 2.75) is 17.7 Å². The Morgan fingerprint density at radius 1 is 1.47 bits per heavy atom. The van der Waals surface area contributed by atoms with E-state index in [0.29, 0.717) is 5.92 Å². The Bertz CT molecular complexity index is 323. The van der Waals surface area contributed by atoms with Gasteiger partial charge in [0.25, 0.3) is 0 Å². The van der Waals surface area contributed by atoms with Gasteiger partial charge in [-0.25, -0.2) is 0 Å². The third kappa shape index (κ3) is 3.11. The van der Waals surface area contributed by atoms with E-state index in [2.05, 4.69) is 10.3 Å². The highest BCUT2D eigenvalue weighted by Crippen LogP contribution is 2.14. The minimum Gasteiger partial charge on any atom is -0.316 e. The number of aromatic nitrogens is 1. The van der Waals surface area contributed by atoms with E-state index in [-0.39, 0.29) is 0 Å². The van der Waals surface area contributed by atoms with Crippen molar-refractivity contribution in [1.29, 1.82) is 0 Å². The van der Waals surface area contributed by atoms with Crippen LogP contribution in [0.15, 0.2) is 29.4 Å². The molecule has 15 heavy (non-hydrogen) atoms. The molecule has 1 saturated heterocycles. The van der Waals surface area contributed by atoms with Gasteiger partial charge in [0, 0.05) is 23.0 Å². The van der Waals surface area contributed by atoms with Crippen LogP contribution in [-0.2, 0) is 10.8 Å². The zero-order valence-corrected chi connectivity index (χ0v) is 9.50. The smallest absolute Gasteiger partial charge is 0.0533 e. The van der Waals surface area contributed by atoms with Gasteiger partial charge in [-0.1, -0.05) is 0 Å². The predicted octanol–water partition coefficient (Wildman–Crippen LogP) is 1.19. The Morgan fingerprint density at radius 2 is 2.27 bits per heavy atom. The third-order valence-electron chi connectivity index (χ3n) is 2.70. The van der Waals surface area contributed by atoms with Crippen LogP contribution in [0.5, 0.6) is 0 Å². The topological polar surface area (TPSA) is 42.0 Å². The summed E-state index contributed by atoms with van der Waals surface area (Å²) < 4.78 is 12.0. The van der Waals surface area contributed by atoms with Gasteiger partial charge in [0.05, 0.1) is 10.8 Å². The van der Waals surface area contributed by atoms with Gasteiger partial charge < -0.3 is 5.32 Å². The van der Waals surface area contributed by atoms with Crippen molar-refractivity contribution in [2.75, 3.05) is 18.8 Å². The average Bonchev–Trinajstić information content (AvgIpc) is 2.31. The molecule has 0 spiro atoms. The molecule has 0 amide bonds. The van der Waals surface area contributed by atoms with Crippen LogP contribution in [-0.4, -0.2) is 28.0 Å². The van der Waals surface area contributed by atoms with Gasteiger partial charge in [-0.2, -0.15) is 0 Å². The second-order valence-electron chi connectivity index (χ2n) is 3.91. The molecule has 4 heteroatoms. The molecule has 2 rings (SSSR count). The zero-order chi connectivity index (χ0) is 10.5. The molecule has 0 bridgehead atoms. The number of nitrogens with one attached hydrogen (secondary N) is 1. The average molecular weight is 224 g/mol. The monoisotopic (exact) mass is 224 g/mol. The molecular weight excluding hydrogens is 208 g/mol. The SMILES string of the molecule is O=[S@@](C[C@H]1CCCNC1)c1ccncc1. The highest BCUT2D eigenvalue weighted by Gasteiger charge is 2.16. The van der Waals surface area contributed by atoms with Crippen LogP contribution in [0.2, 0.25) is 0 Å². The van der Waals surface area contributed by atoms with E-state index in [4.69, 9.17) is 0 Å². The standard InChI is InChI=1S/C11H16N2OS/c14-15(11-3-6-12-7-4-11)9-10-2-1-5-13-8-10/h3-4,6-7,10,13H,1-2,5,8-9H2/t10-,15-/m0/s1. The number of piperidine rings is 1. The molecule has 0 unspecified atom stereocenters. The largest absolute Gasteiger partial charge is 0.316 e. The Hall–Kier alpha value is -0.740. The van der Waals surface area contributed by atoms with Gasteiger partial charge in [-0.15, -0.1) is 0 Å². The van der Waals surface area contributed by atoms with Crippen LogP contribution in [0.3, 0.4) is 0 Å². The quantitative estimate of drug-likeness (QED) is 0.838. The fourth-order valence-corrected chi connectivity index (χ4v) is 3.20. The van der Waals surface area contributed by atoms with Crippen LogP contribution >= 0.6 is 0 Å². The van der Waals surface area contributed by atoms with Crippen molar-refractivity contribution in [3.63, 3.8) is 0 Å². The lowest BCUT2D eigenvalue weighted by Gasteiger charge is -2.22. The second-order valence-corrected chi connectivity index (χ2v) is 5.40. The first-order valence-corrected chi connectivity index (χ1v) is 6.67. The maximum Gasteiger partial charge on any atom is 0.0533 e. The summed E-state index contributed by atoms with van der Waals surface area (Å²) >= 11 is 0. The fourth-order valence-electron chi connectivity index (χ4n) is 1.87. The van der Waals surface area contributed by atoms with E-state index in [9.17, 15) is 4.21 Å². The molecule has 2 heterocycles. The molecule has 1 N–H and O–H groups in total. The lowest BCUT2D eigenvalue weighted by atomic mass is 10.0. The van der Waals surface area contributed by atoms with Crippen molar-refractivity contribution in [2.24, 2.45) is 5.92 Å². The van der Waals surface area contributed by atoms with Gasteiger partial charge in [0.1, 0.15) is 0 Å². The number of pyridine rings is 1. The van der Waals surface area contributed by atoms with Gasteiger partial charge in [-0.3, -0.25) is 9.19 Å². The Balaban J connectivity index is 1.91. The fraction of sp³-hybridized carbons (Fsp3) is 0.545. The van der Waals surface area contributed by atoms with Gasteiger partial charge >= 0.3 is 0 Å². The van der Waals surface area contributed by atoms with Crippen LogP contribution in [0.4, 0.5) is 0 Å². The van der Waals surface area contributed by atoms with Crippen molar-refractivity contribution < 1.29 is 4.21 Å². The summed E-state index contributed by atoms with van der Waals surface area (Å²) in [7, 11) is -0.861. The molecule has 1 aromatic heterocycles. The van der Waals surface area contributed by atoms with Crippen LogP contribution in [0.1, 0.15) is 12.8 Å². The zero-order valence-electron chi connectivity index (χ0n) is 8.69. The molecule has 1 aliphatic heterocycles. The Kier molecular flexibility index (Phi) is 3.86. The van der Waals surface area contributed by atoms with Crippen molar-refractivity contribution in [3.05, 3.63) is 24.5 Å². The number of hydrogen-bond donors (Lipinski definition) is 1. The summed E-state index contributed by atoms with van der Waals surface area (Å²) in [6, 6.07) is 3.68. The first kappa shape index (κ1) is 10.8. The van der Waals surface area contributed by atoms with Gasteiger partial charge in [0.2, 0.25) is 0 Å². The van der Waals surface area contributed by atoms with Crippen LogP contribution in [0.25, 0.3) is 0 Å². The second kappa shape index (κ2) is 5.37. The number of rotatable bonds is 3. The van der Waals surface area contributed by atoms with E-state index in [0.717, 1.165) is 23.7 Å². The summed E-state index contributed by atoms with van der Waals surface area (Å²) in [5.74, 6) is 1.34. The van der Waals surface area contributed by atoms with Crippen LogP contribution < -0.4 is 5.32 Å². The first-order chi connectivity index (χ1) is 7.36. The van der Waals surface area contributed by atoms with E-state index in [1.165, 1.54) is 12.8 Å². The van der Waals surface area contributed by atoms with E-state index >= 15 is 0 Å². The highest BCUT2D eigenvalue weighted by molar-refractivity contribution is 7.85. The van der Waals surface area contributed by atoms with Crippen molar-refractivity contribution in [3.8, 4) is 0 Å².